The summed E-state index contributed by atoms with van der Waals surface area (Å²) in [4.78, 5) is 23.2. The first kappa shape index (κ1) is 17.5. The number of benzene rings is 2. The predicted molar refractivity (Wildman–Crippen MR) is 88.3 cm³/mol. The van der Waals surface area contributed by atoms with Crippen molar-refractivity contribution in [3.8, 4) is 11.5 Å². The second kappa shape index (κ2) is 6.55. The van der Waals surface area contributed by atoms with Crippen LogP contribution in [0.5, 0.6) is 11.5 Å². The van der Waals surface area contributed by atoms with Gasteiger partial charge >= 0.3 is 5.69 Å². The van der Waals surface area contributed by atoms with E-state index in [9.17, 15) is 23.7 Å². The summed E-state index contributed by atoms with van der Waals surface area (Å²) in [7, 11) is 1.30. The van der Waals surface area contributed by atoms with Gasteiger partial charge in [-0.1, -0.05) is 0 Å². The van der Waals surface area contributed by atoms with E-state index in [1.807, 2.05) is 0 Å². The number of ketones is 1. The van der Waals surface area contributed by atoms with Crippen molar-refractivity contribution in [2.75, 3.05) is 7.11 Å². The normalized spacial score (nSPS) is 15.0. The topological polar surface area (TPSA) is 89.7 Å². The Labute approximate surface area is 146 Å². The minimum Gasteiger partial charge on any atom is -0.503 e. The summed E-state index contributed by atoms with van der Waals surface area (Å²) in [5.74, 6) is -3.75. The third-order valence-corrected chi connectivity index (χ3v) is 4.18. The first-order valence-electron chi connectivity index (χ1n) is 7.60. The van der Waals surface area contributed by atoms with Gasteiger partial charge in [0.05, 0.1) is 12.0 Å². The van der Waals surface area contributed by atoms with Crippen molar-refractivity contribution in [2.24, 2.45) is 0 Å². The second-order valence-electron chi connectivity index (χ2n) is 5.77. The molecule has 0 aliphatic heterocycles. The number of fused-ring (bicyclic) bond motifs is 1. The molecule has 0 heterocycles. The van der Waals surface area contributed by atoms with Gasteiger partial charge < -0.3 is 9.84 Å². The molecule has 6 nitrogen and oxygen atoms in total. The third-order valence-electron chi connectivity index (χ3n) is 4.18. The number of phenolic OH excluding ortho intramolecular Hbond substituents is 1. The Hall–Kier alpha value is -3.29. The minimum atomic E-state index is -1.14. The van der Waals surface area contributed by atoms with Crippen molar-refractivity contribution in [1.82, 2.24) is 0 Å². The maximum Gasteiger partial charge on any atom is 0.311 e. The van der Waals surface area contributed by atoms with Crippen LogP contribution in [-0.4, -0.2) is 22.9 Å². The van der Waals surface area contributed by atoms with Crippen LogP contribution in [0.4, 0.5) is 14.5 Å². The zero-order valence-corrected chi connectivity index (χ0v) is 13.6. The Morgan fingerprint density at radius 1 is 1.19 bits per heavy atom. The van der Waals surface area contributed by atoms with Gasteiger partial charge in [-0.2, -0.15) is 0 Å². The number of Topliss-reactive ketones (excluding diaryl/α,β-unsaturated/α-hetero) is 1. The number of phenols is 1. The molecule has 0 aromatic heterocycles. The monoisotopic (exact) mass is 361 g/mol. The van der Waals surface area contributed by atoms with Gasteiger partial charge in [-0.05, 0) is 48.2 Å². The van der Waals surface area contributed by atoms with Crippen LogP contribution in [0.2, 0.25) is 0 Å². The van der Waals surface area contributed by atoms with Gasteiger partial charge in [-0.3, -0.25) is 14.9 Å². The molecule has 134 valence electrons. The van der Waals surface area contributed by atoms with Crippen molar-refractivity contribution >= 4 is 17.5 Å². The molecular weight excluding hydrogens is 348 g/mol. The number of aryl methyl sites for hydroxylation is 1. The van der Waals surface area contributed by atoms with Crippen LogP contribution in [0.1, 0.15) is 27.9 Å². The third kappa shape index (κ3) is 3.01. The summed E-state index contributed by atoms with van der Waals surface area (Å²) in [5, 5.41) is 20.3. The van der Waals surface area contributed by atoms with E-state index < -0.39 is 28.1 Å². The quantitative estimate of drug-likeness (QED) is 0.510. The van der Waals surface area contributed by atoms with Crippen LogP contribution in [-0.2, 0) is 6.42 Å². The van der Waals surface area contributed by atoms with Crippen LogP contribution < -0.4 is 4.74 Å². The number of nitrogens with zero attached hydrogens (tertiary/aromatic N) is 1. The number of nitro benzene ring substituents is 1. The Kier molecular flexibility index (Phi) is 4.41. The number of carbonyl (C=O) groups is 1. The number of hydrogen-bond donors (Lipinski definition) is 1. The fourth-order valence-electron chi connectivity index (χ4n) is 2.90. The number of hydrogen-bond acceptors (Lipinski definition) is 5. The molecule has 1 aliphatic carbocycles. The maximum absolute atomic E-state index is 13.5. The van der Waals surface area contributed by atoms with E-state index >= 15 is 0 Å². The highest BCUT2D eigenvalue weighted by Crippen LogP contribution is 2.36. The zero-order valence-electron chi connectivity index (χ0n) is 13.6. The van der Waals surface area contributed by atoms with Crippen molar-refractivity contribution in [1.29, 1.82) is 0 Å². The Balaban J connectivity index is 2.05. The molecule has 0 atom stereocenters. The molecule has 2 aromatic rings. The molecule has 8 heteroatoms. The van der Waals surface area contributed by atoms with Gasteiger partial charge in [0.1, 0.15) is 0 Å². The highest BCUT2D eigenvalue weighted by Gasteiger charge is 2.27. The molecule has 0 bridgehead atoms. The average molecular weight is 361 g/mol. The minimum absolute atomic E-state index is 0.0663. The molecule has 3 rings (SSSR count). The number of halogens is 2. The highest BCUT2D eigenvalue weighted by molar-refractivity contribution is 6.13. The van der Waals surface area contributed by atoms with Gasteiger partial charge in [0, 0.05) is 17.2 Å². The van der Waals surface area contributed by atoms with Gasteiger partial charge in [0.25, 0.3) is 0 Å². The molecule has 0 saturated carbocycles. The lowest BCUT2D eigenvalue weighted by Crippen LogP contribution is -2.15. The Morgan fingerprint density at radius 2 is 1.85 bits per heavy atom. The van der Waals surface area contributed by atoms with Crippen molar-refractivity contribution in [3.63, 3.8) is 0 Å². The molecule has 0 unspecified atom stereocenters. The molecule has 0 amide bonds. The number of aromatic hydroxyl groups is 1. The summed E-state index contributed by atoms with van der Waals surface area (Å²) in [5.41, 5.74) is 0.782. The molecule has 1 N–H and O–H groups in total. The van der Waals surface area contributed by atoms with E-state index in [0.29, 0.717) is 18.4 Å². The van der Waals surface area contributed by atoms with Crippen molar-refractivity contribution in [2.45, 2.75) is 12.8 Å². The largest absolute Gasteiger partial charge is 0.503 e. The lowest BCUT2D eigenvalue weighted by atomic mass is 9.85. The number of ether oxygens (including phenoxy) is 1. The van der Waals surface area contributed by atoms with Gasteiger partial charge in [-0.15, -0.1) is 0 Å². The van der Waals surface area contributed by atoms with Gasteiger partial charge in [-0.25, -0.2) is 8.78 Å². The standard InChI is InChI=1S/C18H13F2NO5/c1-26-16-7-10-2-3-11(17(22)12(10)8-15(16)21(24)25)4-9-5-13(19)18(23)14(20)6-9/h4-8,23H,2-3H2,1H3. The van der Waals surface area contributed by atoms with Crippen molar-refractivity contribution in [3.05, 3.63) is 68.3 Å². The molecular formula is C18H13F2NO5. The summed E-state index contributed by atoms with van der Waals surface area (Å²) in [6, 6.07) is 4.43. The number of nitro groups is 1. The second-order valence-corrected chi connectivity index (χ2v) is 5.77. The fraction of sp³-hybridized carbons (Fsp3) is 0.167. The molecule has 1 aliphatic rings. The van der Waals surface area contributed by atoms with E-state index in [1.54, 1.807) is 0 Å². The molecule has 0 radical (unpaired) electrons. The number of methoxy groups -OCH3 is 1. The van der Waals surface area contributed by atoms with E-state index in [-0.39, 0.29) is 28.1 Å². The first-order chi connectivity index (χ1) is 12.3. The number of carbonyl (C=O) groups excluding carboxylic acids is 1. The van der Waals surface area contributed by atoms with Crippen molar-refractivity contribution < 1.29 is 28.3 Å². The molecule has 2 aromatic carbocycles. The summed E-state index contributed by atoms with van der Waals surface area (Å²) in [6.45, 7) is 0. The maximum atomic E-state index is 13.5. The summed E-state index contributed by atoms with van der Waals surface area (Å²) < 4.78 is 31.9. The number of allylic oxidation sites excluding steroid dienone is 1. The molecule has 0 spiro atoms. The predicted octanol–water partition coefficient (Wildman–Crippen LogP) is 3.80. The van der Waals surface area contributed by atoms with E-state index in [4.69, 9.17) is 9.84 Å². The highest BCUT2D eigenvalue weighted by atomic mass is 19.1. The smallest absolute Gasteiger partial charge is 0.311 e. The first-order valence-corrected chi connectivity index (χ1v) is 7.60. The van der Waals surface area contributed by atoms with Crippen LogP contribution in [0.15, 0.2) is 29.8 Å². The SMILES string of the molecule is COc1cc2c(cc1[N+](=O)[O-])C(=O)C(=Cc1cc(F)c(O)c(F)c1)CC2. The fourth-order valence-corrected chi connectivity index (χ4v) is 2.90. The van der Waals surface area contributed by atoms with Gasteiger partial charge in [0.2, 0.25) is 0 Å². The average Bonchev–Trinajstić information content (AvgIpc) is 2.61. The van der Waals surface area contributed by atoms with E-state index in [1.165, 1.54) is 19.3 Å². The number of rotatable bonds is 3. The molecule has 0 fully saturated rings. The summed E-state index contributed by atoms with van der Waals surface area (Å²) in [6.07, 6.45) is 2.04. The molecule has 0 saturated heterocycles. The zero-order chi connectivity index (χ0) is 19.0. The lowest BCUT2D eigenvalue weighted by Gasteiger charge is -2.18. The van der Waals surface area contributed by atoms with Crippen LogP contribution in [0.25, 0.3) is 6.08 Å². The lowest BCUT2D eigenvalue weighted by molar-refractivity contribution is -0.385. The Bertz CT molecular complexity index is 945. The molecule has 26 heavy (non-hydrogen) atoms. The van der Waals surface area contributed by atoms with Gasteiger partial charge in [0.15, 0.2) is 28.9 Å². The summed E-state index contributed by atoms with van der Waals surface area (Å²) >= 11 is 0. The van der Waals surface area contributed by atoms with Crippen LogP contribution >= 0.6 is 0 Å². The van der Waals surface area contributed by atoms with E-state index in [2.05, 4.69) is 0 Å². The van der Waals surface area contributed by atoms with Crippen LogP contribution in [0, 0.1) is 21.7 Å². The van der Waals surface area contributed by atoms with E-state index in [0.717, 1.165) is 18.2 Å². The van der Waals surface area contributed by atoms with Crippen LogP contribution in [0.3, 0.4) is 0 Å². The Morgan fingerprint density at radius 3 is 2.42 bits per heavy atom.